The molecule has 0 aromatic heterocycles. The Morgan fingerprint density at radius 3 is 2.83 bits per heavy atom. The summed E-state index contributed by atoms with van der Waals surface area (Å²) in [5.74, 6) is -1.03. The van der Waals surface area contributed by atoms with Gasteiger partial charge in [0, 0.05) is 6.08 Å². The van der Waals surface area contributed by atoms with Gasteiger partial charge in [0.25, 0.3) is 5.91 Å². The average Bonchev–Trinajstić information content (AvgIpc) is 2.30. The predicted octanol–water partition coefficient (Wildman–Crippen LogP) is -0.159. The van der Waals surface area contributed by atoms with E-state index >= 15 is 0 Å². The van der Waals surface area contributed by atoms with E-state index in [1.807, 2.05) is 0 Å². The van der Waals surface area contributed by atoms with Crippen molar-refractivity contribution in [2.75, 3.05) is 7.11 Å². The fourth-order valence-electron chi connectivity index (χ4n) is 0.608. The number of hydrogen-bond donors (Lipinski definition) is 2. The third kappa shape index (κ3) is 1.85. The third-order valence-electron chi connectivity index (χ3n) is 1.11. The summed E-state index contributed by atoms with van der Waals surface area (Å²) < 4.78 is 4.32. The van der Waals surface area contributed by atoms with Gasteiger partial charge in [0.05, 0.1) is 12.0 Å². The van der Waals surface area contributed by atoms with Crippen LogP contribution in [0.1, 0.15) is 0 Å². The van der Waals surface area contributed by atoms with Crippen LogP contribution in [0.5, 0.6) is 0 Å². The van der Waals surface area contributed by atoms with E-state index in [4.69, 9.17) is 5.41 Å². The van der Waals surface area contributed by atoms with Gasteiger partial charge in [0.1, 0.15) is 0 Å². The minimum absolute atomic E-state index is 0.0233. The van der Waals surface area contributed by atoms with Crippen LogP contribution in [0.25, 0.3) is 0 Å². The van der Waals surface area contributed by atoms with Gasteiger partial charge in [-0.1, -0.05) is 0 Å². The Balaban J connectivity index is 2.76. The summed E-state index contributed by atoms with van der Waals surface area (Å²) in [6, 6.07) is 0. The Kier molecular flexibility index (Phi) is 2.49. The summed E-state index contributed by atoms with van der Waals surface area (Å²) in [6.45, 7) is 0. The van der Waals surface area contributed by atoms with Crippen molar-refractivity contribution in [3.63, 3.8) is 0 Å². The zero-order chi connectivity index (χ0) is 9.14. The number of esters is 1. The predicted molar refractivity (Wildman–Crippen MR) is 43.6 cm³/mol. The molecule has 1 aliphatic rings. The number of ether oxygens (including phenoxy) is 1. The highest BCUT2D eigenvalue weighted by Gasteiger charge is 2.23. The molecule has 0 aromatic rings. The molecule has 64 valence electrons. The van der Waals surface area contributed by atoms with Crippen LogP contribution in [0.2, 0.25) is 0 Å². The molecule has 0 aliphatic carbocycles. The number of amides is 1. The largest absolute Gasteiger partial charge is 0.466 e. The Bertz CT molecular complexity index is 285. The van der Waals surface area contributed by atoms with Crippen LogP contribution in [0, 0.1) is 5.41 Å². The van der Waals surface area contributed by atoms with Crippen LogP contribution in [0.3, 0.4) is 0 Å². The molecular formula is C6H6N2O3S. The molecule has 0 unspecified atom stereocenters. The fraction of sp³-hybridized carbons (Fsp3) is 0.167. The standard InChI is InChI=1S/C6H6N2O3S/c1-11-4(9)2-3-5(10)8-6(7)12-3/h2H,1H3,(H2,7,8,10). The van der Waals surface area contributed by atoms with E-state index in [1.54, 1.807) is 0 Å². The van der Waals surface area contributed by atoms with Gasteiger partial charge in [-0.05, 0) is 11.8 Å². The molecule has 1 aliphatic heterocycles. The Labute approximate surface area is 72.7 Å². The van der Waals surface area contributed by atoms with Crippen LogP contribution < -0.4 is 5.32 Å². The second-order valence-electron chi connectivity index (χ2n) is 1.92. The maximum atomic E-state index is 10.9. The molecular weight excluding hydrogens is 180 g/mol. The van der Waals surface area contributed by atoms with Gasteiger partial charge in [0.2, 0.25) is 0 Å². The van der Waals surface area contributed by atoms with E-state index in [-0.39, 0.29) is 10.1 Å². The molecule has 0 aromatic carbocycles. The maximum Gasteiger partial charge on any atom is 0.331 e. The molecule has 1 amide bonds. The van der Waals surface area contributed by atoms with Crippen molar-refractivity contribution < 1.29 is 14.3 Å². The van der Waals surface area contributed by atoms with Crippen LogP contribution in [0.15, 0.2) is 11.0 Å². The molecule has 0 bridgehead atoms. The van der Waals surface area contributed by atoms with E-state index < -0.39 is 11.9 Å². The lowest BCUT2D eigenvalue weighted by Gasteiger charge is -1.90. The number of nitrogens with one attached hydrogen (secondary N) is 2. The molecule has 0 spiro atoms. The molecule has 6 heteroatoms. The van der Waals surface area contributed by atoms with Crippen molar-refractivity contribution in [3.8, 4) is 0 Å². The van der Waals surface area contributed by atoms with Crippen molar-refractivity contribution >= 4 is 28.8 Å². The quantitative estimate of drug-likeness (QED) is 0.440. The summed E-state index contributed by atoms with van der Waals surface area (Å²) in [5.41, 5.74) is 0. The lowest BCUT2D eigenvalue weighted by Crippen LogP contribution is -2.18. The van der Waals surface area contributed by atoms with Gasteiger partial charge >= 0.3 is 5.97 Å². The molecule has 12 heavy (non-hydrogen) atoms. The van der Waals surface area contributed by atoms with E-state index in [0.29, 0.717) is 0 Å². The normalized spacial score (nSPS) is 19.6. The SMILES string of the molecule is COC(=O)C=C1SC(=N)NC1=O. The van der Waals surface area contributed by atoms with Gasteiger partial charge < -0.3 is 10.1 Å². The lowest BCUT2D eigenvalue weighted by molar-refractivity contribution is -0.135. The summed E-state index contributed by atoms with van der Waals surface area (Å²) in [6.07, 6.45) is 1.06. The summed E-state index contributed by atoms with van der Waals surface area (Å²) >= 11 is 0.900. The number of carbonyl (C=O) groups is 2. The minimum atomic E-state index is -0.595. The number of methoxy groups -OCH3 is 1. The molecule has 0 saturated carbocycles. The average molecular weight is 186 g/mol. The van der Waals surface area contributed by atoms with Gasteiger partial charge in [-0.2, -0.15) is 0 Å². The molecule has 1 saturated heterocycles. The molecule has 1 fully saturated rings. The molecule has 0 radical (unpaired) electrons. The van der Waals surface area contributed by atoms with Gasteiger partial charge in [-0.15, -0.1) is 0 Å². The number of rotatable bonds is 1. The molecule has 2 N–H and O–H groups in total. The second-order valence-corrected chi connectivity index (χ2v) is 2.97. The van der Waals surface area contributed by atoms with Crippen molar-refractivity contribution in [2.24, 2.45) is 0 Å². The summed E-state index contributed by atoms with van der Waals surface area (Å²) in [7, 11) is 1.22. The minimum Gasteiger partial charge on any atom is -0.466 e. The smallest absolute Gasteiger partial charge is 0.331 e. The number of carbonyl (C=O) groups excluding carboxylic acids is 2. The van der Waals surface area contributed by atoms with E-state index in [9.17, 15) is 9.59 Å². The Hall–Kier alpha value is -1.30. The fourth-order valence-corrected chi connectivity index (χ4v) is 1.27. The second kappa shape index (κ2) is 3.40. The first kappa shape index (κ1) is 8.79. The van der Waals surface area contributed by atoms with Gasteiger partial charge in [-0.3, -0.25) is 10.2 Å². The van der Waals surface area contributed by atoms with E-state index in [0.717, 1.165) is 17.8 Å². The maximum absolute atomic E-state index is 10.9. The van der Waals surface area contributed by atoms with E-state index in [1.165, 1.54) is 7.11 Å². The zero-order valence-electron chi connectivity index (χ0n) is 6.21. The summed E-state index contributed by atoms with van der Waals surface area (Å²) in [4.78, 5) is 21.7. The first-order valence-corrected chi connectivity index (χ1v) is 3.82. The van der Waals surface area contributed by atoms with E-state index in [2.05, 4.69) is 10.1 Å². The number of hydrogen-bond acceptors (Lipinski definition) is 5. The molecule has 1 rings (SSSR count). The lowest BCUT2D eigenvalue weighted by atomic mass is 10.4. The highest BCUT2D eigenvalue weighted by atomic mass is 32.2. The van der Waals surface area contributed by atoms with Crippen molar-refractivity contribution in [3.05, 3.63) is 11.0 Å². The van der Waals surface area contributed by atoms with Crippen LogP contribution in [-0.2, 0) is 14.3 Å². The van der Waals surface area contributed by atoms with Crippen molar-refractivity contribution in [1.29, 1.82) is 5.41 Å². The first-order chi connectivity index (χ1) is 5.63. The van der Waals surface area contributed by atoms with Gasteiger partial charge in [0.15, 0.2) is 5.17 Å². The first-order valence-electron chi connectivity index (χ1n) is 3.01. The Morgan fingerprint density at radius 2 is 2.42 bits per heavy atom. The number of thioether (sulfide) groups is 1. The highest BCUT2D eigenvalue weighted by Crippen LogP contribution is 2.21. The van der Waals surface area contributed by atoms with Crippen molar-refractivity contribution in [2.45, 2.75) is 0 Å². The van der Waals surface area contributed by atoms with Crippen LogP contribution in [-0.4, -0.2) is 24.2 Å². The van der Waals surface area contributed by atoms with Crippen LogP contribution in [0.4, 0.5) is 0 Å². The number of amidine groups is 1. The monoisotopic (exact) mass is 186 g/mol. The molecule has 5 nitrogen and oxygen atoms in total. The van der Waals surface area contributed by atoms with Crippen LogP contribution >= 0.6 is 11.8 Å². The summed E-state index contributed by atoms with van der Waals surface area (Å²) in [5, 5.41) is 9.30. The zero-order valence-corrected chi connectivity index (χ0v) is 7.03. The van der Waals surface area contributed by atoms with Crippen molar-refractivity contribution in [1.82, 2.24) is 5.32 Å². The molecule has 1 heterocycles. The Morgan fingerprint density at radius 1 is 1.75 bits per heavy atom. The highest BCUT2D eigenvalue weighted by molar-refractivity contribution is 8.18. The van der Waals surface area contributed by atoms with Gasteiger partial charge in [-0.25, -0.2) is 4.79 Å². The molecule has 0 atom stereocenters. The third-order valence-corrected chi connectivity index (χ3v) is 1.94. The topological polar surface area (TPSA) is 79.2 Å².